The summed E-state index contributed by atoms with van der Waals surface area (Å²) in [6.07, 6.45) is 8.40. The Hall–Kier alpha value is -2.62. The fourth-order valence-electron chi connectivity index (χ4n) is 4.81. The molecule has 0 bridgehead atoms. The predicted octanol–water partition coefficient (Wildman–Crippen LogP) is 5.75. The third kappa shape index (κ3) is 7.45. The Morgan fingerprint density at radius 3 is 2.30 bits per heavy atom. The molecule has 3 rings (SSSR count). The topological polar surface area (TPSA) is 49.4 Å². The number of nitrogens with zero attached hydrogens (tertiary/aromatic N) is 1. The summed E-state index contributed by atoms with van der Waals surface area (Å²) in [5.74, 6) is 0.0411. The van der Waals surface area contributed by atoms with E-state index in [9.17, 15) is 9.59 Å². The maximum atomic E-state index is 13.5. The molecule has 0 radical (unpaired) electrons. The van der Waals surface area contributed by atoms with Crippen LogP contribution in [-0.2, 0) is 29.0 Å². The number of benzene rings is 2. The lowest BCUT2D eigenvalue weighted by molar-refractivity contribution is -0.141. The molecule has 0 spiro atoms. The number of amides is 2. The largest absolute Gasteiger partial charge is 0.352 e. The molecule has 178 valence electrons. The van der Waals surface area contributed by atoms with Gasteiger partial charge in [0.05, 0.1) is 0 Å². The quantitative estimate of drug-likeness (QED) is 0.503. The van der Waals surface area contributed by atoms with Gasteiger partial charge < -0.3 is 10.2 Å². The second-order valence-corrected chi connectivity index (χ2v) is 9.45. The first-order valence-electron chi connectivity index (χ1n) is 12.7. The minimum Gasteiger partial charge on any atom is -0.352 e. The minimum absolute atomic E-state index is 0.00213. The Morgan fingerprint density at radius 2 is 1.67 bits per heavy atom. The highest BCUT2D eigenvalue weighted by Crippen LogP contribution is 2.20. The molecule has 0 aliphatic heterocycles. The van der Waals surface area contributed by atoms with Gasteiger partial charge in [-0.25, -0.2) is 0 Å². The van der Waals surface area contributed by atoms with Gasteiger partial charge in [-0.15, -0.1) is 0 Å². The summed E-state index contributed by atoms with van der Waals surface area (Å²) in [4.78, 5) is 28.6. The van der Waals surface area contributed by atoms with Crippen molar-refractivity contribution in [1.29, 1.82) is 0 Å². The number of nitrogens with one attached hydrogen (secondary N) is 1. The first kappa shape index (κ1) is 25.0. The molecule has 4 heteroatoms. The van der Waals surface area contributed by atoms with Crippen LogP contribution in [0.1, 0.15) is 81.0 Å². The van der Waals surface area contributed by atoms with Crippen molar-refractivity contribution < 1.29 is 9.59 Å². The highest BCUT2D eigenvalue weighted by molar-refractivity contribution is 5.88. The highest BCUT2D eigenvalue weighted by atomic mass is 16.2. The van der Waals surface area contributed by atoms with Gasteiger partial charge in [-0.05, 0) is 55.7 Å². The normalized spacial score (nSPS) is 15.1. The van der Waals surface area contributed by atoms with Crippen molar-refractivity contribution in [2.45, 2.75) is 97.2 Å². The molecule has 1 atom stereocenters. The molecule has 4 nitrogen and oxygen atoms in total. The van der Waals surface area contributed by atoms with Crippen LogP contribution in [0.2, 0.25) is 0 Å². The van der Waals surface area contributed by atoms with Crippen molar-refractivity contribution in [2.24, 2.45) is 0 Å². The van der Waals surface area contributed by atoms with E-state index < -0.39 is 6.04 Å². The summed E-state index contributed by atoms with van der Waals surface area (Å²) in [6, 6.07) is 16.5. The molecule has 1 N–H and O–H groups in total. The van der Waals surface area contributed by atoms with Gasteiger partial charge in [-0.1, -0.05) is 87.2 Å². The molecule has 2 aromatic rings. The first-order chi connectivity index (χ1) is 16.0. The molecule has 0 saturated heterocycles. The van der Waals surface area contributed by atoms with E-state index >= 15 is 0 Å². The van der Waals surface area contributed by atoms with Crippen molar-refractivity contribution in [2.75, 3.05) is 0 Å². The third-order valence-corrected chi connectivity index (χ3v) is 6.83. The van der Waals surface area contributed by atoms with Gasteiger partial charge in [-0.2, -0.15) is 0 Å². The molecule has 2 aromatic carbocycles. The fourth-order valence-corrected chi connectivity index (χ4v) is 4.81. The van der Waals surface area contributed by atoms with Crippen LogP contribution < -0.4 is 5.32 Å². The Labute approximate surface area is 199 Å². The van der Waals surface area contributed by atoms with Crippen LogP contribution in [0.4, 0.5) is 0 Å². The van der Waals surface area contributed by atoms with Crippen LogP contribution >= 0.6 is 0 Å². The highest BCUT2D eigenvalue weighted by Gasteiger charge is 2.30. The van der Waals surface area contributed by atoms with E-state index in [0.717, 1.165) is 36.0 Å². The summed E-state index contributed by atoms with van der Waals surface area (Å²) in [5, 5.41) is 3.26. The smallest absolute Gasteiger partial charge is 0.243 e. The van der Waals surface area contributed by atoms with E-state index in [1.807, 2.05) is 24.0 Å². The van der Waals surface area contributed by atoms with E-state index in [1.165, 1.54) is 24.8 Å². The van der Waals surface area contributed by atoms with Crippen LogP contribution in [0, 0.1) is 6.92 Å². The van der Waals surface area contributed by atoms with Crippen LogP contribution in [-0.4, -0.2) is 28.8 Å². The first-order valence-corrected chi connectivity index (χ1v) is 12.7. The molecule has 1 saturated carbocycles. The van der Waals surface area contributed by atoms with Gasteiger partial charge in [0, 0.05) is 19.0 Å². The van der Waals surface area contributed by atoms with Gasteiger partial charge >= 0.3 is 0 Å². The zero-order valence-electron chi connectivity index (χ0n) is 20.6. The predicted molar refractivity (Wildman–Crippen MR) is 135 cm³/mol. The average Bonchev–Trinajstić information content (AvgIpc) is 2.83. The standard InChI is InChI=1S/C29H40N2O2/c1-4-23-14-16-24(17-15-23)18-19-28(32)31(21-25-11-9-10-22(3)20-25)27(5-2)29(33)30-26-12-7-6-8-13-26/h9-11,14-17,20,26-27H,4-8,12-13,18-19,21H2,1-3H3,(H,30,33)/t27-/m1/s1. The van der Waals surface area contributed by atoms with Gasteiger partial charge in [0.15, 0.2) is 0 Å². The minimum atomic E-state index is -0.442. The second-order valence-electron chi connectivity index (χ2n) is 9.45. The number of hydrogen-bond acceptors (Lipinski definition) is 2. The number of hydrogen-bond donors (Lipinski definition) is 1. The summed E-state index contributed by atoms with van der Waals surface area (Å²) in [5.41, 5.74) is 4.70. The number of carbonyl (C=O) groups excluding carboxylic acids is 2. The molecular formula is C29H40N2O2. The van der Waals surface area contributed by atoms with E-state index in [4.69, 9.17) is 0 Å². The van der Waals surface area contributed by atoms with E-state index in [2.05, 4.69) is 55.6 Å². The third-order valence-electron chi connectivity index (χ3n) is 6.83. The Balaban J connectivity index is 1.74. The lowest BCUT2D eigenvalue weighted by Crippen LogP contribution is -2.51. The molecule has 1 aliphatic rings. The average molecular weight is 449 g/mol. The number of carbonyl (C=O) groups is 2. The summed E-state index contributed by atoms with van der Waals surface area (Å²) in [6.45, 7) is 6.67. The maximum Gasteiger partial charge on any atom is 0.243 e. The van der Waals surface area contributed by atoms with Crippen LogP contribution in [0.3, 0.4) is 0 Å². The maximum absolute atomic E-state index is 13.5. The van der Waals surface area contributed by atoms with E-state index in [-0.39, 0.29) is 17.9 Å². The SMILES string of the molecule is CCc1ccc(CCC(=O)N(Cc2cccc(C)c2)[C@H](CC)C(=O)NC2CCCCC2)cc1. The van der Waals surface area contributed by atoms with Gasteiger partial charge in [0.25, 0.3) is 0 Å². The zero-order valence-corrected chi connectivity index (χ0v) is 20.6. The van der Waals surface area contributed by atoms with Gasteiger partial charge in [-0.3, -0.25) is 9.59 Å². The lowest BCUT2D eigenvalue weighted by atomic mass is 9.95. The number of rotatable bonds is 10. The van der Waals surface area contributed by atoms with E-state index in [0.29, 0.717) is 25.8 Å². The molecule has 1 fully saturated rings. The van der Waals surface area contributed by atoms with Crippen LogP contribution in [0.5, 0.6) is 0 Å². The van der Waals surface area contributed by atoms with Crippen molar-refractivity contribution in [3.05, 3.63) is 70.8 Å². The summed E-state index contributed by atoms with van der Waals surface area (Å²) in [7, 11) is 0. The Bertz CT molecular complexity index is 900. The van der Waals surface area contributed by atoms with Crippen molar-refractivity contribution in [3.8, 4) is 0 Å². The van der Waals surface area contributed by atoms with Crippen molar-refractivity contribution in [3.63, 3.8) is 0 Å². The molecule has 2 amide bonds. The monoisotopic (exact) mass is 448 g/mol. The molecule has 1 aliphatic carbocycles. The molecule has 0 aromatic heterocycles. The van der Waals surface area contributed by atoms with Crippen molar-refractivity contribution in [1.82, 2.24) is 10.2 Å². The number of aryl methyl sites for hydroxylation is 3. The fraction of sp³-hybridized carbons (Fsp3) is 0.517. The lowest BCUT2D eigenvalue weighted by Gasteiger charge is -2.33. The summed E-state index contributed by atoms with van der Waals surface area (Å²) >= 11 is 0. The molecular weight excluding hydrogens is 408 g/mol. The Morgan fingerprint density at radius 1 is 0.970 bits per heavy atom. The Kier molecular flexibility index (Phi) is 9.53. The molecule has 33 heavy (non-hydrogen) atoms. The molecule has 0 heterocycles. The van der Waals surface area contributed by atoms with Gasteiger partial charge in [0.1, 0.15) is 6.04 Å². The van der Waals surface area contributed by atoms with Crippen LogP contribution in [0.15, 0.2) is 48.5 Å². The van der Waals surface area contributed by atoms with E-state index in [1.54, 1.807) is 0 Å². The van der Waals surface area contributed by atoms with Gasteiger partial charge in [0.2, 0.25) is 11.8 Å². The second kappa shape index (κ2) is 12.6. The van der Waals surface area contributed by atoms with Crippen LogP contribution in [0.25, 0.3) is 0 Å². The molecule has 0 unspecified atom stereocenters. The summed E-state index contributed by atoms with van der Waals surface area (Å²) < 4.78 is 0. The van der Waals surface area contributed by atoms with Crippen molar-refractivity contribution >= 4 is 11.8 Å². The zero-order chi connectivity index (χ0) is 23.6.